The van der Waals surface area contributed by atoms with E-state index in [1.165, 1.54) is 5.56 Å². The van der Waals surface area contributed by atoms with Gasteiger partial charge < -0.3 is 15.0 Å². The number of nitrogens with zero attached hydrogens (tertiary/aromatic N) is 2. The van der Waals surface area contributed by atoms with E-state index < -0.39 is 0 Å². The van der Waals surface area contributed by atoms with Crippen molar-refractivity contribution in [1.29, 1.82) is 0 Å². The van der Waals surface area contributed by atoms with Gasteiger partial charge in [-0.25, -0.2) is 0 Å². The Bertz CT molecular complexity index is 810. The number of hydrogen-bond acceptors (Lipinski definition) is 3. The van der Waals surface area contributed by atoms with Crippen LogP contribution in [0.2, 0.25) is 10.0 Å². The van der Waals surface area contributed by atoms with E-state index in [-0.39, 0.29) is 0 Å². The Morgan fingerprint density at radius 1 is 1.14 bits per heavy atom. The molecule has 7 heteroatoms. The maximum Gasteiger partial charge on any atom is 0.173 e. The molecule has 0 unspecified atom stereocenters. The molecule has 156 valence electrons. The Labute approximate surface area is 188 Å². The van der Waals surface area contributed by atoms with Crippen LogP contribution in [0.3, 0.4) is 0 Å². The molecule has 0 aromatic heterocycles. The molecule has 0 bridgehead atoms. The second-order valence-electron chi connectivity index (χ2n) is 7.25. The van der Waals surface area contributed by atoms with E-state index >= 15 is 0 Å². The highest BCUT2D eigenvalue weighted by molar-refractivity contribution is 7.80. The third-order valence-electron chi connectivity index (χ3n) is 5.00. The van der Waals surface area contributed by atoms with E-state index in [1.54, 1.807) is 0 Å². The van der Waals surface area contributed by atoms with E-state index in [1.807, 2.05) is 49.4 Å². The first-order valence-corrected chi connectivity index (χ1v) is 11.0. The van der Waals surface area contributed by atoms with Gasteiger partial charge in [-0.05, 0) is 61.0 Å². The number of thiocarbonyl (C=S) groups is 1. The molecular formula is C22H27Cl2N3OS. The first kappa shape index (κ1) is 22.3. The van der Waals surface area contributed by atoms with Gasteiger partial charge in [0.1, 0.15) is 0 Å². The van der Waals surface area contributed by atoms with Crippen LogP contribution in [0.25, 0.3) is 0 Å². The first-order valence-electron chi connectivity index (χ1n) is 9.88. The summed E-state index contributed by atoms with van der Waals surface area (Å²) in [6, 6.07) is 13.8. The fraction of sp³-hybridized carbons (Fsp3) is 0.409. The molecule has 0 saturated carbocycles. The lowest BCUT2D eigenvalue weighted by Crippen LogP contribution is -2.40. The Hall–Kier alpha value is -1.37. The number of anilines is 1. The van der Waals surface area contributed by atoms with Gasteiger partial charge in [-0.3, -0.25) is 4.90 Å². The van der Waals surface area contributed by atoms with Gasteiger partial charge in [0.05, 0.1) is 13.2 Å². The van der Waals surface area contributed by atoms with Crippen molar-refractivity contribution in [3.05, 3.63) is 63.6 Å². The molecule has 1 aliphatic rings. The van der Waals surface area contributed by atoms with Gasteiger partial charge in [-0.15, -0.1) is 0 Å². The minimum atomic E-state index is 0.696. The maximum absolute atomic E-state index is 6.27. The standard InChI is InChI=1S/C22H27Cl2N3OS/c1-17-3-8-20(15-21(17)24)25-22(29)27(16-18-4-6-19(23)7-5-18)10-2-9-26-11-13-28-14-12-26/h3-8,15H,2,9-14,16H2,1H3,(H,25,29). The van der Waals surface area contributed by atoms with Gasteiger partial charge >= 0.3 is 0 Å². The number of benzene rings is 2. The van der Waals surface area contributed by atoms with Crippen LogP contribution in [-0.2, 0) is 11.3 Å². The average molecular weight is 452 g/mol. The second kappa shape index (κ2) is 11.1. The van der Waals surface area contributed by atoms with Crippen molar-refractivity contribution in [3.63, 3.8) is 0 Å². The summed E-state index contributed by atoms with van der Waals surface area (Å²) in [6.07, 6.45) is 1.03. The number of rotatable bonds is 7. The molecule has 1 aliphatic heterocycles. The van der Waals surface area contributed by atoms with E-state index in [9.17, 15) is 0 Å². The monoisotopic (exact) mass is 451 g/mol. The molecule has 4 nitrogen and oxygen atoms in total. The molecule has 0 aliphatic carbocycles. The van der Waals surface area contributed by atoms with E-state index in [0.717, 1.165) is 73.7 Å². The number of aryl methyl sites for hydroxylation is 1. The molecule has 1 N–H and O–H groups in total. The number of ether oxygens (including phenoxy) is 1. The highest BCUT2D eigenvalue weighted by atomic mass is 35.5. The fourth-order valence-corrected chi connectivity index (χ4v) is 3.83. The quantitative estimate of drug-likeness (QED) is 0.582. The van der Waals surface area contributed by atoms with Crippen LogP contribution in [0.15, 0.2) is 42.5 Å². The number of morpholine rings is 1. The topological polar surface area (TPSA) is 27.7 Å². The zero-order valence-electron chi connectivity index (χ0n) is 16.7. The molecule has 2 aromatic rings. The van der Waals surface area contributed by atoms with Crippen LogP contribution >= 0.6 is 35.4 Å². The molecule has 1 fully saturated rings. The molecule has 29 heavy (non-hydrogen) atoms. The van der Waals surface area contributed by atoms with Gasteiger partial charge in [0.25, 0.3) is 0 Å². The van der Waals surface area contributed by atoms with E-state index in [4.69, 9.17) is 40.2 Å². The van der Waals surface area contributed by atoms with Crippen molar-refractivity contribution in [2.75, 3.05) is 44.7 Å². The zero-order valence-corrected chi connectivity index (χ0v) is 19.0. The summed E-state index contributed by atoms with van der Waals surface area (Å²) >= 11 is 18.0. The lowest BCUT2D eigenvalue weighted by atomic mass is 10.2. The van der Waals surface area contributed by atoms with Gasteiger partial charge in [0.2, 0.25) is 0 Å². The minimum Gasteiger partial charge on any atom is -0.379 e. The lowest BCUT2D eigenvalue weighted by Gasteiger charge is -2.29. The summed E-state index contributed by atoms with van der Waals surface area (Å²) in [7, 11) is 0. The van der Waals surface area contributed by atoms with E-state index in [2.05, 4.69) is 15.1 Å². The molecule has 3 rings (SSSR count). The minimum absolute atomic E-state index is 0.696. The van der Waals surface area contributed by atoms with Crippen LogP contribution in [0, 0.1) is 6.92 Å². The Balaban J connectivity index is 1.63. The highest BCUT2D eigenvalue weighted by Gasteiger charge is 2.14. The van der Waals surface area contributed by atoms with Crippen LogP contribution in [0.4, 0.5) is 5.69 Å². The smallest absolute Gasteiger partial charge is 0.173 e. The molecule has 0 atom stereocenters. The fourth-order valence-electron chi connectivity index (χ4n) is 3.25. The SMILES string of the molecule is Cc1ccc(NC(=S)N(CCCN2CCOCC2)Cc2ccc(Cl)cc2)cc1Cl. The second-order valence-corrected chi connectivity index (χ2v) is 8.48. The molecule has 0 amide bonds. The van der Waals surface area contributed by atoms with Crippen LogP contribution in [0.1, 0.15) is 17.5 Å². The summed E-state index contributed by atoms with van der Waals surface area (Å²) in [5, 5.41) is 5.51. The van der Waals surface area contributed by atoms with Gasteiger partial charge in [0.15, 0.2) is 5.11 Å². The largest absolute Gasteiger partial charge is 0.379 e. The summed E-state index contributed by atoms with van der Waals surface area (Å²) in [4.78, 5) is 4.65. The molecule has 1 saturated heterocycles. The predicted molar refractivity (Wildman–Crippen MR) is 126 cm³/mol. The van der Waals surface area contributed by atoms with Crippen molar-refractivity contribution < 1.29 is 4.74 Å². The average Bonchev–Trinajstić information content (AvgIpc) is 2.72. The Morgan fingerprint density at radius 2 is 1.86 bits per heavy atom. The Morgan fingerprint density at radius 3 is 2.55 bits per heavy atom. The van der Waals surface area contributed by atoms with Gasteiger partial charge in [-0.1, -0.05) is 41.4 Å². The van der Waals surface area contributed by atoms with Crippen LogP contribution < -0.4 is 5.32 Å². The van der Waals surface area contributed by atoms with Crippen molar-refractivity contribution in [3.8, 4) is 0 Å². The molecule has 0 spiro atoms. The van der Waals surface area contributed by atoms with Crippen molar-refractivity contribution in [1.82, 2.24) is 9.80 Å². The zero-order chi connectivity index (χ0) is 20.6. The molecule has 0 radical (unpaired) electrons. The van der Waals surface area contributed by atoms with Gasteiger partial charge in [0, 0.05) is 48.5 Å². The summed E-state index contributed by atoms with van der Waals surface area (Å²) in [6.45, 7) is 8.27. The predicted octanol–water partition coefficient (Wildman–Crippen LogP) is 5.22. The number of nitrogens with one attached hydrogen (secondary N) is 1. The Kier molecular flexibility index (Phi) is 8.57. The summed E-state index contributed by atoms with van der Waals surface area (Å²) in [5.41, 5.74) is 3.12. The molecular weight excluding hydrogens is 425 g/mol. The third kappa shape index (κ3) is 7.12. The van der Waals surface area contributed by atoms with E-state index in [0.29, 0.717) is 5.11 Å². The normalized spacial score (nSPS) is 14.6. The number of halogens is 2. The number of hydrogen-bond donors (Lipinski definition) is 1. The lowest BCUT2D eigenvalue weighted by molar-refractivity contribution is 0.0368. The summed E-state index contributed by atoms with van der Waals surface area (Å²) in [5.74, 6) is 0. The van der Waals surface area contributed by atoms with Crippen molar-refractivity contribution >= 4 is 46.2 Å². The van der Waals surface area contributed by atoms with Crippen molar-refractivity contribution in [2.45, 2.75) is 19.9 Å². The van der Waals surface area contributed by atoms with Crippen LogP contribution in [0.5, 0.6) is 0 Å². The van der Waals surface area contributed by atoms with Gasteiger partial charge in [-0.2, -0.15) is 0 Å². The van der Waals surface area contributed by atoms with Crippen LogP contribution in [-0.4, -0.2) is 54.3 Å². The molecule has 1 heterocycles. The molecule has 2 aromatic carbocycles. The maximum atomic E-state index is 6.27. The first-order chi connectivity index (χ1) is 14.0. The van der Waals surface area contributed by atoms with Crippen molar-refractivity contribution in [2.24, 2.45) is 0 Å². The third-order valence-corrected chi connectivity index (χ3v) is 6.02. The highest BCUT2D eigenvalue weighted by Crippen LogP contribution is 2.21. The summed E-state index contributed by atoms with van der Waals surface area (Å²) < 4.78 is 5.43.